The van der Waals surface area contributed by atoms with Crippen molar-refractivity contribution in [1.82, 2.24) is 0 Å². The predicted octanol–water partition coefficient (Wildman–Crippen LogP) is 4.59. The van der Waals surface area contributed by atoms with Crippen LogP contribution >= 0.6 is 0 Å². The second-order valence-electron chi connectivity index (χ2n) is 5.02. The highest BCUT2D eigenvalue weighted by atomic mass is 16.6. The number of allylic oxidation sites excluding steroid dienone is 1. The van der Waals surface area contributed by atoms with Crippen molar-refractivity contribution in [3.05, 3.63) is 46.0 Å². The van der Waals surface area contributed by atoms with Crippen LogP contribution < -0.4 is 0 Å². The number of ether oxygens (including phenoxy) is 1. The summed E-state index contributed by atoms with van der Waals surface area (Å²) in [6, 6.07) is 6.60. The van der Waals surface area contributed by atoms with Crippen molar-refractivity contribution in [1.29, 1.82) is 0 Å². The van der Waals surface area contributed by atoms with E-state index in [1.807, 2.05) is 19.9 Å². The molecule has 0 saturated heterocycles. The minimum Gasteiger partial charge on any atom is -0.379 e. The van der Waals surface area contributed by atoms with Crippen LogP contribution in [0.2, 0.25) is 0 Å². The number of hydrogen-bond donors (Lipinski definition) is 0. The Morgan fingerprint density at radius 3 is 2.50 bits per heavy atom. The Kier molecular flexibility index (Phi) is 7.58. The van der Waals surface area contributed by atoms with Gasteiger partial charge in [0.1, 0.15) is 0 Å². The average molecular weight is 277 g/mol. The van der Waals surface area contributed by atoms with Gasteiger partial charge in [-0.25, -0.2) is 0 Å². The third-order valence-corrected chi connectivity index (χ3v) is 2.88. The van der Waals surface area contributed by atoms with E-state index >= 15 is 0 Å². The molecule has 1 aromatic rings. The number of rotatable bonds is 9. The highest BCUT2D eigenvalue weighted by molar-refractivity contribution is 5.51. The van der Waals surface area contributed by atoms with Crippen LogP contribution in [0.5, 0.6) is 0 Å². The van der Waals surface area contributed by atoms with E-state index in [1.165, 1.54) is 12.1 Å². The van der Waals surface area contributed by atoms with Gasteiger partial charge in [0, 0.05) is 18.7 Å². The summed E-state index contributed by atoms with van der Waals surface area (Å²) in [6.45, 7) is 4.93. The molecule has 0 bridgehead atoms. The molecule has 4 heteroatoms. The maximum absolute atomic E-state index is 10.5. The lowest BCUT2D eigenvalue weighted by atomic mass is 10.1. The first-order valence-electron chi connectivity index (χ1n) is 7.12. The molecule has 0 fully saturated rings. The van der Waals surface area contributed by atoms with Gasteiger partial charge in [0.05, 0.1) is 11.0 Å². The minimum atomic E-state index is -0.382. The van der Waals surface area contributed by atoms with Gasteiger partial charge in [-0.05, 0) is 50.8 Å². The Morgan fingerprint density at radius 1 is 1.20 bits per heavy atom. The van der Waals surface area contributed by atoms with E-state index in [0.29, 0.717) is 6.10 Å². The summed E-state index contributed by atoms with van der Waals surface area (Å²) < 4.78 is 5.48. The summed E-state index contributed by atoms with van der Waals surface area (Å²) in [5.41, 5.74) is 1.13. The summed E-state index contributed by atoms with van der Waals surface area (Å²) >= 11 is 0. The molecular formula is C16H23NO3. The second kappa shape index (κ2) is 9.26. The van der Waals surface area contributed by atoms with Crippen molar-refractivity contribution in [3.8, 4) is 0 Å². The molecule has 0 saturated carbocycles. The zero-order valence-corrected chi connectivity index (χ0v) is 12.2. The molecule has 0 spiro atoms. The zero-order valence-electron chi connectivity index (χ0n) is 12.2. The molecule has 20 heavy (non-hydrogen) atoms. The van der Waals surface area contributed by atoms with E-state index in [2.05, 4.69) is 6.08 Å². The van der Waals surface area contributed by atoms with E-state index in [-0.39, 0.29) is 10.6 Å². The number of benzene rings is 1. The maximum Gasteiger partial charge on any atom is 0.269 e. The normalized spacial score (nSPS) is 11.3. The number of unbranched alkanes of at least 4 members (excludes halogenated alkanes) is 3. The topological polar surface area (TPSA) is 52.4 Å². The first-order chi connectivity index (χ1) is 9.59. The van der Waals surface area contributed by atoms with Gasteiger partial charge in [-0.2, -0.15) is 0 Å². The van der Waals surface area contributed by atoms with E-state index in [4.69, 9.17) is 4.74 Å². The van der Waals surface area contributed by atoms with E-state index in [1.54, 1.807) is 12.1 Å². The lowest BCUT2D eigenvalue weighted by Crippen LogP contribution is -2.03. The molecule has 4 nitrogen and oxygen atoms in total. The largest absolute Gasteiger partial charge is 0.379 e. The highest BCUT2D eigenvalue weighted by Crippen LogP contribution is 2.13. The molecule has 0 atom stereocenters. The smallest absolute Gasteiger partial charge is 0.269 e. The lowest BCUT2D eigenvalue weighted by molar-refractivity contribution is -0.384. The second-order valence-corrected chi connectivity index (χ2v) is 5.02. The van der Waals surface area contributed by atoms with Crippen LogP contribution in [0.1, 0.15) is 45.1 Å². The van der Waals surface area contributed by atoms with Gasteiger partial charge in [-0.3, -0.25) is 10.1 Å². The molecule has 1 aromatic carbocycles. The fourth-order valence-electron chi connectivity index (χ4n) is 1.79. The van der Waals surface area contributed by atoms with Gasteiger partial charge in [-0.1, -0.05) is 18.6 Å². The molecule has 0 radical (unpaired) electrons. The van der Waals surface area contributed by atoms with Crippen LogP contribution in [0.3, 0.4) is 0 Å². The Hall–Kier alpha value is -1.68. The number of nitrogens with zero attached hydrogens (tertiary/aromatic N) is 1. The molecular weight excluding hydrogens is 254 g/mol. The molecule has 0 aliphatic rings. The quantitative estimate of drug-likeness (QED) is 0.377. The number of hydrogen-bond acceptors (Lipinski definition) is 3. The first kappa shape index (κ1) is 16.4. The maximum atomic E-state index is 10.5. The van der Waals surface area contributed by atoms with Crippen LogP contribution in [-0.2, 0) is 4.74 Å². The molecule has 0 N–H and O–H groups in total. The average Bonchev–Trinajstić information content (AvgIpc) is 2.42. The van der Waals surface area contributed by atoms with Crippen molar-refractivity contribution in [2.45, 2.75) is 45.6 Å². The SMILES string of the molecule is CC(C)OCCCCCC=Cc1ccc([N+](=O)[O-])cc1. The van der Waals surface area contributed by atoms with Gasteiger partial charge < -0.3 is 4.74 Å². The number of nitro benzene ring substituents is 1. The standard InChI is InChI=1S/C16H23NO3/c1-14(2)20-13-7-5-3-4-6-8-15-9-11-16(12-10-15)17(18)19/h6,8-12,14H,3-5,7,13H2,1-2H3. The van der Waals surface area contributed by atoms with E-state index in [9.17, 15) is 10.1 Å². The molecule has 0 amide bonds. The van der Waals surface area contributed by atoms with Crippen molar-refractivity contribution < 1.29 is 9.66 Å². The fraction of sp³-hybridized carbons (Fsp3) is 0.500. The molecule has 0 aromatic heterocycles. The molecule has 110 valence electrons. The van der Waals surface area contributed by atoms with Crippen LogP contribution in [-0.4, -0.2) is 17.6 Å². The van der Waals surface area contributed by atoms with E-state index < -0.39 is 0 Å². The summed E-state index contributed by atoms with van der Waals surface area (Å²) in [5, 5.41) is 10.5. The van der Waals surface area contributed by atoms with Crippen LogP contribution in [0.15, 0.2) is 30.3 Å². The van der Waals surface area contributed by atoms with Crippen molar-refractivity contribution in [2.24, 2.45) is 0 Å². The van der Waals surface area contributed by atoms with Gasteiger partial charge >= 0.3 is 0 Å². The van der Waals surface area contributed by atoms with Gasteiger partial charge in [0.15, 0.2) is 0 Å². The number of non-ortho nitro benzene ring substituents is 1. The van der Waals surface area contributed by atoms with Crippen molar-refractivity contribution in [2.75, 3.05) is 6.61 Å². The Labute approximate surface area is 120 Å². The highest BCUT2D eigenvalue weighted by Gasteiger charge is 2.01. The lowest BCUT2D eigenvalue weighted by Gasteiger charge is -2.06. The Morgan fingerprint density at radius 2 is 1.90 bits per heavy atom. The number of nitro groups is 1. The first-order valence-corrected chi connectivity index (χ1v) is 7.12. The summed E-state index contributed by atoms with van der Waals surface area (Å²) in [5.74, 6) is 0. The third-order valence-electron chi connectivity index (χ3n) is 2.88. The van der Waals surface area contributed by atoms with Crippen LogP contribution in [0, 0.1) is 10.1 Å². The summed E-state index contributed by atoms with van der Waals surface area (Å²) in [4.78, 5) is 10.1. The molecule has 0 unspecified atom stereocenters. The minimum absolute atomic E-state index is 0.132. The van der Waals surface area contributed by atoms with Crippen molar-refractivity contribution >= 4 is 11.8 Å². The third kappa shape index (κ3) is 7.04. The summed E-state index contributed by atoms with van der Waals surface area (Å²) in [6.07, 6.45) is 8.88. The molecule has 0 aliphatic carbocycles. The zero-order chi connectivity index (χ0) is 14.8. The van der Waals surface area contributed by atoms with E-state index in [0.717, 1.165) is 37.9 Å². The van der Waals surface area contributed by atoms with Gasteiger partial charge in [-0.15, -0.1) is 0 Å². The monoisotopic (exact) mass is 277 g/mol. The van der Waals surface area contributed by atoms with Crippen LogP contribution in [0.4, 0.5) is 5.69 Å². The molecule has 0 heterocycles. The Bertz CT molecular complexity index is 424. The van der Waals surface area contributed by atoms with Gasteiger partial charge in [0.25, 0.3) is 5.69 Å². The predicted molar refractivity (Wildman–Crippen MR) is 81.7 cm³/mol. The summed E-state index contributed by atoms with van der Waals surface area (Å²) in [7, 11) is 0. The Balaban J connectivity index is 2.16. The molecule has 1 rings (SSSR count). The fourth-order valence-corrected chi connectivity index (χ4v) is 1.79. The van der Waals surface area contributed by atoms with Crippen molar-refractivity contribution in [3.63, 3.8) is 0 Å². The van der Waals surface area contributed by atoms with Gasteiger partial charge in [0.2, 0.25) is 0 Å². The van der Waals surface area contributed by atoms with Crippen LogP contribution in [0.25, 0.3) is 6.08 Å². The molecule has 0 aliphatic heterocycles.